The number of nitrogens with one attached hydrogen (secondary N) is 1. The molecule has 1 unspecified atom stereocenters. The fourth-order valence-corrected chi connectivity index (χ4v) is 1.92. The van der Waals surface area contributed by atoms with Crippen LogP contribution in [0.5, 0.6) is 0 Å². The molecule has 0 radical (unpaired) electrons. The Labute approximate surface area is 103 Å². The standard InChI is InChI=1S/C14H22N2O/c1-9-6-7-10(2)12(8-9)11(3)16-14(4,5)13(15)17/h6-8,11,16H,1-5H3,(H2,15,17). The Bertz CT molecular complexity index is 424. The second-order valence-electron chi connectivity index (χ2n) is 5.22. The van der Waals surface area contributed by atoms with Gasteiger partial charge in [-0.2, -0.15) is 0 Å². The normalized spacial score (nSPS) is 13.5. The van der Waals surface area contributed by atoms with Crippen LogP contribution < -0.4 is 11.1 Å². The van der Waals surface area contributed by atoms with Crippen molar-refractivity contribution in [1.29, 1.82) is 0 Å². The lowest BCUT2D eigenvalue weighted by Crippen LogP contribution is -2.51. The fraction of sp³-hybridized carbons (Fsp3) is 0.500. The number of aryl methyl sites for hydroxylation is 2. The van der Waals surface area contributed by atoms with E-state index in [0.717, 1.165) is 0 Å². The molecule has 17 heavy (non-hydrogen) atoms. The van der Waals surface area contributed by atoms with Gasteiger partial charge in [-0.15, -0.1) is 0 Å². The van der Waals surface area contributed by atoms with Crippen molar-refractivity contribution in [3.05, 3.63) is 34.9 Å². The Morgan fingerprint density at radius 3 is 2.47 bits per heavy atom. The molecular weight excluding hydrogens is 212 g/mol. The van der Waals surface area contributed by atoms with Crippen molar-refractivity contribution in [3.63, 3.8) is 0 Å². The summed E-state index contributed by atoms with van der Waals surface area (Å²) in [5, 5.41) is 3.27. The highest BCUT2D eigenvalue weighted by molar-refractivity contribution is 5.83. The molecule has 0 fully saturated rings. The molecule has 0 aliphatic carbocycles. The first-order chi connectivity index (χ1) is 7.74. The van der Waals surface area contributed by atoms with E-state index in [9.17, 15) is 4.79 Å². The van der Waals surface area contributed by atoms with Crippen LogP contribution in [0.15, 0.2) is 18.2 Å². The molecule has 1 aromatic carbocycles. The van der Waals surface area contributed by atoms with Gasteiger partial charge in [0.1, 0.15) is 0 Å². The van der Waals surface area contributed by atoms with E-state index in [1.807, 2.05) is 6.92 Å². The second-order valence-corrected chi connectivity index (χ2v) is 5.22. The van der Waals surface area contributed by atoms with Crippen LogP contribution in [0.2, 0.25) is 0 Å². The van der Waals surface area contributed by atoms with Crippen LogP contribution in [0.1, 0.15) is 43.5 Å². The lowest BCUT2D eigenvalue weighted by Gasteiger charge is -2.28. The molecule has 1 atom stereocenters. The summed E-state index contributed by atoms with van der Waals surface area (Å²) < 4.78 is 0. The summed E-state index contributed by atoms with van der Waals surface area (Å²) >= 11 is 0. The number of hydrogen-bond donors (Lipinski definition) is 2. The highest BCUT2D eigenvalue weighted by Gasteiger charge is 2.27. The molecule has 1 rings (SSSR count). The van der Waals surface area contributed by atoms with Crippen LogP contribution in [-0.4, -0.2) is 11.4 Å². The first-order valence-corrected chi connectivity index (χ1v) is 5.89. The molecule has 3 heteroatoms. The molecule has 0 spiro atoms. The number of hydrogen-bond acceptors (Lipinski definition) is 2. The number of nitrogens with two attached hydrogens (primary N) is 1. The summed E-state index contributed by atoms with van der Waals surface area (Å²) in [6, 6.07) is 6.42. The second kappa shape index (κ2) is 4.88. The molecule has 94 valence electrons. The SMILES string of the molecule is Cc1ccc(C)c(C(C)NC(C)(C)C(N)=O)c1. The van der Waals surface area contributed by atoms with Gasteiger partial charge in [-0.05, 0) is 45.7 Å². The van der Waals surface area contributed by atoms with Crippen LogP contribution in [-0.2, 0) is 4.79 Å². The van der Waals surface area contributed by atoms with Crippen LogP contribution in [0.25, 0.3) is 0 Å². The summed E-state index contributed by atoms with van der Waals surface area (Å²) in [6.45, 7) is 9.79. The van der Waals surface area contributed by atoms with Crippen molar-refractivity contribution in [2.24, 2.45) is 5.73 Å². The van der Waals surface area contributed by atoms with Gasteiger partial charge < -0.3 is 5.73 Å². The lowest BCUT2D eigenvalue weighted by molar-refractivity contribution is -0.123. The monoisotopic (exact) mass is 234 g/mol. The summed E-state index contributed by atoms with van der Waals surface area (Å²) in [6.07, 6.45) is 0. The minimum atomic E-state index is -0.699. The molecule has 0 saturated carbocycles. The summed E-state index contributed by atoms with van der Waals surface area (Å²) in [5.41, 5.74) is 8.31. The van der Waals surface area contributed by atoms with Crippen molar-refractivity contribution in [1.82, 2.24) is 5.32 Å². The Kier molecular flexibility index (Phi) is 3.94. The number of carbonyl (C=O) groups excluding carboxylic acids is 1. The van der Waals surface area contributed by atoms with Gasteiger partial charge in [-0.25, -0.2) is 0 Å². The maximum Gasteiger partial charge on any atom is 0.237 e. The zero-order valence-corrected chi connectivity index (χ0v) is 11.3. The third-order valence-corrected chi connectivity index (χ3v) is 3.09. The van der Waals surface area contributed by atoms with Gasteiger partial charge in [0.05, 0.1) is 5.54 Å². The van der Waals surface area contributed by atoms with Gasteiger partial charge in [0.25, 0.3) is 0 Å². The van der Waals surface area contributed by atoms with E-state index in [2.05, 4.69) is 37.4 Å². The van der Waals surface area contributed by atoms with E-state index in [4.69, 9.17) is 5.73 Å². The van der Waals surface area contributed by atoms with Crippen molar-refractivity contribution in [3.8, 4) is 0 Å². The molecule has 1 aromatic rings. The van der Waals surface area contributed by atoms with E-state index in [1.54, 1.807) is 13.8 Å². The Morgan fingerprint density at radius 1 is 1.35 bits per heavy atom. The van der Waals surface area contributed by atoms with Crippen molar-refractivity contribution < 1.29 is 4.79 Å². The largest absolute Gasteiger partial charge is 0.368 e. The van der Waals surface area contributed by atoms with Gasteiger partial charge in [-0.1, -0.05) is 23.8 Å². The molecule has 3 nitrogen and oxygen atoms in total. The molecule has 1 amide bonds. The fourth-order valence-electron chi connectivity index (χ4n) is 1.92. The number of carbonyl (C=O) groups is 1. The zero-order chi connectivity index (χ0) is 13.2. The minimum absolute atomic E-state index is 0.0948. The summed E-state index contributed by atoms with van der Waals surface area (Å²) in [5.74, 6) is -0.338. The average Bonchev–Trinajstić information content (AvgIpc) is 2.20. The first-order valence-electron chi connectivity index (χ1n) is 5.89. The molecule has 0 heterocycles. The average molecular weight is 234 g/mol. The lowest BCUT2D eigenvalue weighted by atomic mass is 9.96. The van der Waals surface area contributed by atoms with Gasteiger partial charge in [0.15, 0.2) is 0 Å². The van der Waals surface area contributed by atoms with Crippen LogP contribution in [0.4, 0.5) is 0 Å². The van der Waals surface area contributed by atoms with Gasteiger partial charge >= 0.3 is 0 Å². The first kappa shape index (κ1) is 13.7. The minimum Gasteiger partial charge on any atom is -0.368 e. The Hall–Kier alpha value is -1.35. The maximum absolute atomic E-state index is 11.3. The van der Waals surface area contributed by atoms with Gasteiger partial charge in [0, 0.05) is 6.04 Å². The van der Waals surface area contributed by atoms with E-state index in [1.165, 1.54) is 16.7 Å². The predicted octanol–water partition coefficient (Wildman–Crippen LogP) is 2.22. The molecule has 0 aromatic heterocycles. The zero-order valence-electron chi connectivity index (χ0n) is 11.3. The highest BCUT2D eigenvalue weighted by atomic mass is 16.1. The van der Waals surface area contributed by atoms with Crippen molar-refractivity contribution in [2.75, 3.05) is 0 Å². The third kappa shape index (κ3) is 3.30. The number of amides is 1. The van der Waals surface area contributed by atoms with Crippen molar-refractivity contribution >= 4 is 5.91 Å². The molecule has 3 N–H and O–H groups in total. The smallest absolute Gasteiger partial charge is 0.237 e. The van der Waals surface area contributed by atoms with Crippen LogP contribution in [0, 0.1) is 13.8 Å². The van der Waals surface area contributed by atoms with Crippen LogP contribution in [0.3, 0.4) is 0 Å². The molecular formula is C14H22N2O. The van der Waals surface area contributed by atoms with Crippen molar-refractivity contribution in [2.45, 2.75) is 46.2 Å². The van der Waals surface area contributed by atoms with E-state index < -0.39 is 5.54 Å². The van der Waals surface area contributed by atoms with Gasteiger partial charge in [-0.3, -0.25) is 10.1 Å². The Balaban J connectivity index is 2.94. The summed E-state index contributed by atoms with van der Waals surface area (Å²) in [7, 11) is 0. The number of benzene rings is 1. The highest BCUT2D eigenvalue weighted by Crippen LogP contribution is 2.21. The summed E-state index contributed by atoms with van der Waals surface area (Å²) in [4.78, 5) is 11.3. The van der Waals surface area contributed by atoms with Crippen LogP contribution >= 0.6 is 0 Å². The van der Waals surface area contributed by atoms with E-state index in [-0.39, 0.29) is 11.9 Å². The van der Waals surface area contributed by atoms with Gasteiger partial charge in [0.2, 0.25) is 5.91 Å². The number of primary amides is 1. The molecule has 0 aliphatic heterocycles. The number of rotatable bonds is 4. The molecule has 0 bridgehead atoms. The Morgan fingerprint density at radius 2 is 1.94 bits per heavy atom. The third-order valence-electron chi connectivity index (χ3n) is 3.09. The topological polar surface area (TPSA) is 55.1 Å². The molecule has 0 saturated heterocycles. The van der Waals surface area contributed by atoms with E-state index >= 15 is 0 Å². The quantitative estimate of drug-likeness (QED) is 0.839. The maximum atomic E-state index is 11.3. The van der Waals surface area contributed by atoms with E-state index in [0.29, 0.717) is 0 Å². The predicted molar refractivity (Wildman–Crippen MR) is 70.7 cm³/mol. The molecule has 0 aliphatic rings.